The highest BCUT2D eigenvalue weighted by Gasteiger charge is 2.30. The average Bonchev–Trinajstić information content (AvgIpc) is 3.01. The number of fused-ring (bicyclic) bond motifs is 1. The lowest BCUT2D eigenvalue weighted by molar-refractivity contribution is 0.0717. The minimum Gasteiger partial charge on any atom is -0.334 e. The standard InChI is InChI=1S/C14H18N4OS/c1-8-10(7-15-17-8)14(19)18(3)12-6-4-5-11-13(12)20-9(2)16-11/h7,12H,4-6H2,1-3H3,(H,15,17)/t12-/m1/s1. The van der Waals surface area contributed by atoms with Crippen LogP contribution in [0.2, 0.25) is 0 Å². The molecule has 2 aromatic rings. The van der Waals surface area contributed by atoms with E-state index in [2.05, 4.69) is 15.2 Å². The molecule has 1 aliphatic carbocycles. The van der Waals surface area contributed by atoms with Crippen molar-refractivity contribution in [1.29, 1.82) is 0 Å². The second-order valence-corrected chi connectivity index (χ2v) is 6.51. The van der Waals surface area contributed by atoms with Gasteiger partial charge in [0.05, 0.1) is 33.4 Å². The van der Waals surface area contributed by atoms with Crippen molar-refractivity contribution >= 4 is 17.2 Å². The van der Waals surface area contributed by atoms with Crippen LogP contribution in [0.4, 0.5) is 0 Å². The number of hydrogen-bond donors (Lipinski definition) is 1. The van der Waals surface area contributed by atoms with Crippen LogP contribution in [0.5, 0.6) is 0 Å². The van der Waals surface area contributed by atoms with Gasteiger partial charge in [-0.05, 0) is 33.1 Å². The second kappa shape index (κ2) is 5.01. The first-order valence-electron chi connectivity index (χ1n) is 6.81. The van der Waals surface area contributed by atoms with Crippen molar-refractivity contribution in [2.75, 3.05) is 7.05 Å². The topological polar surface area (TPSA) is 61.9 Å². The van der Waals surface area contributed by atoms with Crippen molar-refractivity contribution in [2.45, 2.75) is 39.2 Å². The van der Waals surface area contributed by atoms with Crippen LogP contribution < -0.4 is 0 Å². The van der Waals surface area contributed by atoms with E-state index in [1.807, 2.05) is 25.8 Å². The van der Waals surface area contributed by atoms with Crippen LogP contribution in [-0.4, -0.2) is 33.0 Å². The highest BCUT2D eigenvalue weighted by Crippen LogP contribution is 2.37. The molecule has 0 bridgehead atoms. The number of thiazole rings is 1. The largest absolute Gasteiger partial charge is 0.334 e. The number of aryl methyl sites for hydroxylation is 3. The summed E-state index contributed by atoms with van der Waals surface area (Å²) in [6.07, 6.45) is 4.73. The summed E-state index contributed by atoms with van der Waals surface area (Å²) < 4.78 is 0. The molecule has 1 atom stereocenters. The molecule has 20 heavy (non-hydrogen) atoms. The van der Waals surface area contributed by atoms with Crippen molar-refractivity contribution < 1.29 is 4.79 Å². The van der Waals surface area contributed by atoms with Gasteiger partial charge in [-0.25, -0.2) is 4.98 Å². The lowest BCUT2D eigenvalue weighted by Gasteiger charge is -2.30. The lowest BCUT2D eigenvalue weighted by atomic mass is 9.96. The Balaban J connectivity index is 1.90. The van der Waals surface area contributed by atoms with Crippen LogP contribution in [0.25, 0.3) is 0 Å². The Morgan fingerprint density at radius 3 is 3.00 bits per heavy atom. The summed E-state index contributed by atoms with van der Waals surface area (Å²) in [6.45, 7) is 3.90. The summed E-state index contributed by atoms with van der Waals surface area (Å²) in [5, 5.41) is 7.85. The van der Waals surface area contributed by atoms with Crippen LogP contribution in [0.3, 0.4) is 0 Å². The third-order valence-corrected chi connectivity index (χ3v) is 4.99. The number of aromatic amines is 1. The first kappa shape index (κ1) is 13.3. The number of carbonyl (C=O) groups excluding carboxylic acids is 1. The summed E-state index contributed by atoms with van der Waals surface area (Å²) in [5.41, 5.74) is 2.64. The predicted octanol–water partition coefficient (Wildman–Crippen LogP) is 2.63. The predicted molar refractivity (Wildman–Crippen MR) is 77.9 cm³/mol. The Morgan fingerprint density at radius 2 is 2.30 bits per heavy atom. The number of rotatable bonds is 2. The minimum absolute atomic E-state index is 0.0279. The molecule has 106 valence electrons. The van der Waals surface area contributed by atoms with Gasteiger partial charge in [-0.15, -0.1) is 11.3 Å². The third kappa shape index (κ3) is 2.14. The van der Waals surface area contributed by atoms with Crippen molar-refractivity contribution in [2.24, 2.45) is 0 Å². The molecule has 2 aromatic heterocycles. The lowest BCUT2D eigenvalue weighted by Crippen LogP contribution is -2.33. The fourth-order valence-corrected chi connectivity index (χ4v) is 3.94. The molecule has 2 heterocycles. The smallest absolute Gasteiger partial charge is 0.257 e. The molecule has 0 spiro atoms. The summed E-state index contributed by atoms with van der Waals surface area (Å²) in [7, 11) is 1.88. The average molecular weight is 290 g/mol. The third-order valence-electron chi connectivity index (χ3n) is 3.88. The second-order valence-electron chi connectivity index (χ2n) is 5.28. The maximum atomic E-state index is 12.6. The number of amides is 1. The summed E-state index contributed by atoms with van der Waals surface area (Å²) >= 11 is 1.72. The molecule has 0 radical (unpaired) electrons. The molecule has 0 aromatic carbocycles. The van der Waals surface area contributed by atoms with E-state index in [0.29, 0.717) is 5.56 Å². The summed E-state index contributed by atoms with van der Waals surface area (Å²) in [4.78, 5) is 20.3. The number of H-pyrrole nitrogens is 1. The maximum absolute atomic E-state index is 12.6. The van der Waals surface area contributed by atoms with Gasteiger partial charge in [-0.3, -0.25) is 9.89 Å². The van der Waals surface area contributed by atoms with E-state index in [4.69, 9.17) is 0 Å². The maximum Gasteiger partial charge on any atom is 0.257 e. The molecule has 0 saturated heterocycles. The minimum atomic E-state index is 0.0279. The van der Waals surface area contributed by atoms with E-state index in [9.17, 15) is 4.79 Å². The van der Waals surface area contributed by atoms with Gasteiger partial charge in [0.15, 0.2) is 0 Å². The molecular formula is C14H18N4OS. The number of hydrogen-bond acceptors (Lipinski definition) is 4. The Hall–Kier alpha value is -1.69. The normalized spacial score (nSPS) is 17.9. The molecule has 1 N–H and O–H groups in total. The summed E-state index contributed by atoms with van der Waals surface area (Å²) in [5.74, 6) is 0.0279. The molecule has 0 aliphatic heterocycles. The first-order valence-corrected chi connectivity index (χ1v) is 7.63. The van der Waals surface area contributed by atoms with Gasteiger partial charge < -0.3 is 4.90 Å². The van der Waals surface area contributed by atoms with Gasteiger partial charge in [0.1, 0.15) is 0 Å². The molecule has 5 nitrogen and oxygen atoms in total. The van der Waals surface area contributed by atoms with E-state index in [1.165, 1.54) is 10.6 Å². The molecule has 0 saturated carbocycles. The molecule has 1 amide bonds. The quantitative estimate of drug-likeness (QED) is 0.925. The van der Waals surface area contributed by atoms with Crippen LogP contribution in [-0.2, 0) is 6.42 Å². The first-order chi connectivity index (χ1) is 9.58. The van der Waals surface area contributed by atoms with Crippen LogP contribution in [0.1, 0.15) is 50.5 Å². The SMILES string of the molecule is Cc1nc2c(s1)[C@H](N(C)C(=O)c1cn[nH]c1C)CCC2. The Bertz CT molecular complexity index is 645. The monoisotopic (exact) mass is 290 g/mol. The van der Waals surface area contributed by atoms with Gasteiger partial charge in [-0.2, -0.15) is 5.10 Å². The van der Waals surface area contributed by atoms with Crippen LogP contribution in [0, 0.1) is 13.8 Å². The van der Waals surface area contributed by atoms with Gasteiger partial charge in [-0.1, -0.05) is 0 Å². The summed E-state index contributed by atoms with van der Waals surface area (Å²) in [6, 6.07) is 0.145. The zero-order chi connectivity index (χ0) is 14.3. The van der Waals surface area contributed by atoms with E-state index >= 15 is 0 Å². The highest BCUT2D eigenvalue weighted by atomic mass is 32.1. The van der Waals surface area contributed by atoms with Gasteiger partial charge in [0.25, 0.3) is 5.91 Å². The number of nitrogens with zero attached hydrogens (tertiary/aromatic N) is 3. The van der Waals surface area contributed by atoms with Crippen LogP contribution in [0.15, 0.2) is 6.20 Å². The van der Waals surface area contributed by atoms with Gasteiger partial charge >= 0.3 is 0 Å². The highest BCUT2D eigenvalue weighted by molar-refractivity contribution is 7.11. The fraction of sp³-hybridized carbons (Fsp3) is 0.500. The molecule has 6 heteroatoms. The van der Waals surface area contributed by atoms with E-state index in [0.717, 1.165) is 30.0 Å². The van der Waals surface area contributed by atoms with E-state index < -0.39 is 0 Å². The van der Waals surface area contributed by atoms with E-state index in [1.54, 1.807) is 17.5 Å². The van der Waals surface area contributed by atoms with Crippen molar-refractivity contribution in [3.05, 3.63) is 33.0 Å². The van der Waals surface area contributed by atoms with Gasteiger partial charge in [0.2, 0.25) is 0 Å². The molecule has 1 aliphatic rings. The number of carbonyl (C=O) groups is 1. The number of aromatic nitrogens is 3. The molecule has 3 rings (SSSR count). The van der Waals surface area contributed by atoms with E-state index in [-0.39, 0.29) is 11.9 Å². The molecular weight excluding hydrogens is 272 g/mol. The molecule has 0 fully saturated rings. The van der Waals surface area contributed by atoms with Gasteiger partial charge in [0, 0.05) is 12.7 Å². The van der Waals surface area contributed by atoms with Crippen LogP contribution >= 0.6 is 11.3 Å². The zero-order valence-electron chi connectivity index (χ0n) is 11.9. The Labute approximate surface area is 122 Å². The Kier molecular flexibility index (Phi) is 3.33. The Morgan fingerprint density at radius 1 is 1.50 bits per heavy atom. The van der Waals surface area contributed by atoms with Crippen molar-refractivity contribution in [1.82, 2.24) is 20.1 Å². The fourth-order valence-electron chi connectivity index (χ4n) is 2.79. The van der Waals surface area contributed by atoms with Crippen molar-refractivity contribution in [3.8, 4) is 0 Å². The zero-order valence-corrected chi connectivity index (χ0v) is 12.8. The molecule has 0 unspecified atom stereocenters. The number of nitrogens with one attached hydrogen (secondary N) is 1. The van der Waals surface area contributed by atoms with Crippen molar-refractivity contribution in [3.63, 3.8) is 0 Å².